The molecular weight excluding hydrogens is 213 g/mol. The van der Waals surface area contributed by atoms with Gasteiger partial charge in [-0.2, -0.15) is 0 Å². The molecule has 0 fully saturated rings. The summed E-state index contributed by atoms with van der Waals surface area (Å²) in [6, 6.07) is 4.50. The van der Waals surface area contributed by atoms with Crippen molar-refractivity contribution >= 4 is 28.9 Å². The Kier molecular flexibility index (Phi) is 3.51. The summed E-state index contributed by atoms with van der Waals surface area (Å²) in [7, 11) is 0. The topological polar surface area (TPSA) is 43.1 Å². The monoisotopic (exact) mass is 219 g/mol. The first-order valence-electron chi connectivity index (χ1n) is 3.57. The molecule has 5 heteroatoms. The molecule has 0 spiro atoms. The molecule has 70 valence electrons. The highest BCUT2D eigenvalue weighted by Gasteiger charge is 2.08. The Balaban J connectivity index is 3.13. The van der Waals surface area contributed by atoms with Gasteiger partial charge in [0.15, 0.2) is 0 Å². The fraction of sp³-hybridized carbons (Fsp3) is 0.250. The summed E-state index contributed by atoms with van der Waals surface area (Å²) in [5.41, 5.74) is 1.60. The van der Waals surface area contributed by atoms with Crippen molar-refractivity contribution in [2.45, 2.75) is 11.8 Å². The smallest absolute Gasteiger partial charge is 0.258 e. The Bertz CT molecular complexity index is 328. The molecule has 0 aliphatic heterocycles. The summed E-state index contributed by atoms with van der Waals surface area (Å²) >= 11 is 11.2. The molecule has 0 radical (unpaired) electrons. The second-order valence-electron chi connectivity index (χ2n) is 2.48. The van der Waals surface area contributed by atoms with Crippen molar-refractivity contribution in [2.75, 3.05) is 0 Å². The van der Waals surface area contributed by atoms with Crippen LogP contribution < -0.4 is 0 Å². The van der Waals surface area contributed by atoms with Crippen LogP contribution in [0.5, 0.6) is 0 Å². The maximum absolute atomic E-state index is 10.4. The first-order chi connectivity index (χ1) is 6.19. The van der Waals surface area contributed by atoms with Crippen LogP contribution in [0.2, 0.25) is 0 Å². The predicted octanol–water partition coefficient (Wildman–Crippen LogP) is 3.07. The van der Waals surface area contributed by atoms with Gasteiger partial charge in [-0.15, -0.1) is 23.2 Å². The van der Waals surface area contributed by atoms with E-state index >= 15 is 0 Å². The maximum atomic E-state index is 10.4. The average Bonchev–Trinajstić information content (AvgIpc) is 2.16. The molecule has 3 nitrogen and oxygen atoms in total. The fourth-order valence-corrected chi connectivity index (χ4v) is 1.49. The standard InChI is InChI=1S/C8H7Cl2NO2/c9-4-6-1-2-8(11(12)13)3-7(6)5-10/h1-3H,4-5H2. The summed E-state index contributed by atoms with van der Waals surface area (Å²) in [6.07, 6.45) is 0. The number of hydrogen-bond acceptors (Lipinski definition) is 2. The Morgan fingerprint density at radius 1 is 1.23 bits per heavy atom. The van der Waals surface area contributed by atoms with Crippen molar-refractivity contribution < 1.29 is 4.92 Å². The molecule has 0 atom stereocenters. The molecule has 0 N–H and O–H groups in total. The van der Waals surface area contributed by atoms with Crippen LogP contribution in [-0.4, -0.2) is 4.92 Å². The minimum atomic E-state index is -0.450. The van der Waals surface area contributed by atoms with Crippen LogP contribution in [0, 0.1) is 10.1 Å². The summed E-state index contributed by atoms with van der Waals surface area (Å²) in [6.45, 7) is 0. The van der Waals surface area contributed by atoms with Gasteiger partial charge in [-0.05, 0) is 11.1 Å². The van der Waals surface area contributed by atoms with Gasteiger partial charge in [0.05, 0.1) is 4.92 Å². The molecule has 0 aliphatic rings. The normalized spacial score (nSPS) is 10.0. The molecular formula is C8H7Cl2NO2. The number of nitro benzene ring substituents is 1. The van der Waals surface area contributed by atoms with E-state index in [-0.39, 0.29) is 11.6 Å². The lowest BCUT2D eigenvalue weighted by Gasteiger charge is -2.02. The van der Waals surface area contributed by atoms with Gasteiger partial charge in [0.1, 0.15) is 0 Å². The lowest BCUT2D eigenvalue weighted by Crippen LogP contribution is -1.93. The zero-order chi connectivity index (χ0) is 9.84. The van der Waals surface area contributed by atoms with E-state index in [9.17, 15) is 10.1 Å². The van der Waals surface area contributed by atoms with Crippen LogP contribution in [0.3, 0.4) is 0 Å². The number of rotatable bonds is 3. The minimum absolute atomic E-state index is 0.0458. The van der Waals surface area contributed by atoms with Crippen molar-refractivity contribution in [2.24, 2.45) is 0 Å². The van der Waals surface area contributed by atoms with E-state index in [1.807, 2.05) is 0 Å². The second kappa shape index (κ2) is 4.44. The predicted molar refractivity (Wildman–Crippen MR) is 52.2 cm³/mol. The van der Waals surface area contributed by atoms with Crippen LogP contribution in [0.4, 0.5) is 5.69 Å². The molecule has 0 aromatic heterocycles. The molecule has 1 aromatic rings. The van der Waals surface area contributed by atoms with Gasteiger partial charge in [0.2, 0.25) is 0 Å². The van der Waals surface area contributed by atoms with Crippen LogP contribution in [0.15, 0.2) is 18.2 Å². The number of nitrogens with zero attached hydrogens (tertiary/aromatic N) is 1. The average molecular weight is 220 g/mol. The summed E-state index contributed by atoms with van der Waals surface area (Å²) in [5, 5.41) is 10.4. The number of benzene rings is 1. The quantitative estimate of drug-likeness (QED) is 0.446. The SMILES string of the molecule is O=[N+]([O-])c1ccc(CCl)c(CCl)c1. The summed E-state index contributed by atoms with van der Waals surface area (Å²) < 4.78 is 0. The zero-order valence-electron chi connectivity index (χ0n) is 6.67. The van der Waals surface area contributed by atoms with Gasteiger partial charge in [-0.3, -0.25) is 10.1 Å². The van der Waals surface area contributed by atoms with Gasteiger partial charge in [-0.1, -0.05) is 6.07 Å². The molecule has 0 saturated carbocycles. The highest BCUT2D eigenvalue weighted by atomic mass is 35.5. The summed E-state index contributed by atoms with van der Waals surface area (Å²) in [5.74, 6) is 0.559. The molecule has 1 rings (SSSR count). The third-order valence-electron chi connectivity index (χ3n) is 1.69. The Morgan fingerprint density at radius 2 is 1.85 bits per heavy atom. The number of non-ortho nitro benzene ring substituents is 1. The third kappa shape index (κ3) is 2.32. The largest absolute Gasteiger partial charge is 0.269 e. The van der Waals surface area contributed by atoms with E-state index in [4.69, 9.17) is 23.2 Å². The van der Waals surface area contributed by atoms with Gasteiger partial charge in [0, 0.05) is 23.9 Å². The Labute approximate surface area is 85.4 Å². The van der Waals surface area contributed by atoms with Crippen LogP contribution in [-0.2, 0) is 11.8 Å². The number of nitro groups is 1. The molecule has 0 unspecified atom stereocenters. The Morgan fingerprint density at radius 3 is 2.31 bits per heavy atom. The minimum Gasteiger partial charge on any atom is -0.258 e. The van der Waals surface area contributed by atoms with Crippen LogP contribution in [0.25, 0.3) is 0 Å². The van der Waals surface area contributed by atoms with Crippen molar-refractivity contribution in [1.82, 2.24) is 0 Å². The fourth-order valence-electron chi connectivity index (χ4n) is 0.981. The van der Waals surface area contributed by atoms with Gasteiger partial charge in [0.25, 0.3) is 5.69 Å². The van der Waals surface area contributed by atoms with E-state index in [2.05, 4.69) is 0 Å². The molecule has 1 aromatic carbocycles. The highest BCUT2D eigenvalue weighted by Crippen LogP contribution is 2.20. The molecule has 0 bridgehead atoms. The van der Waals surface area contributed by atoms with Gasteiger partial charge in [-0.25, -0.2) is 0 Å². The number of alkyl halides is 2. The van der Waals surface area contributed by atoms with Crippen LogP contribution in [0.1, 0.15) is 11.1 Å². The van der Waals surface area contributed by atoms with Crippen LogP contribution >= 0.6 is 23.2 Å². The molecule has 13 heavy (non-hydrogen) atoms. The molecule has 0 amide bonds. The Hall–Kier alpha value is -0.800. The first kappa shape index (κ1) is 10.3. The highest BCUT2D eigenvalue weighted by molar-refractivity contribution is 6.18. The van der Waals surface area contributed by atoms with Crippen molar-refractivity contribution in [3.63, 3.8) is 0 Å². The first-order valence-corrected chi connectivity index (χ1v) is 4.64. The summed E-state index contributed by atoms with van der Waals surface area (Å²) in [4.78, 5) is 9.95. The molecule has 0 aliphatic carbocycles. The van der Waals surface area contributed by atoms with Crippen molar-refractivity contribution in [3.8, 4) is 0 Å². The molecule has 0 saturated heterocycles. The zero-order valence-corrected chi connectivity index (χ0v) is 8.18. The van der Waals surface area contributed by atoms with Crippen molar-refractivity contribution in [1.29, 1.82) is 0 Å². The van der Waals surface area contributed by atoms with E-state index < -0.39 is 4.92 Å². The van der Waals surface area contributed by atoms with Gasteiger partial charge < -0.3 is 0 Å². The third-order valence-corrected chi connectivity index (χ3v) is 2.26. The lowest BCUT2D eigenvalue weighted by molar-refractivity contribution is -0.384. The van der Waals surface area contributed by atoms with E-state index in [1.54, 1.807) is 6.07 Å². The molecule has 0 heterocycles. The van der Waals surface area contributed by atoms with E-state index in [0.29, 0.717) is 11.4 Å². The lowest BCUT2D eigenvalue weighted by atomic mass is 10.1. The van der Waals surface area contributed by atoms with Crippen molar-refractivity contribution in [3.05, 3.63) is 39.4 Å². The maximum Gasteiger partial charge on any atom is 0.269 e. The number of hydrogen-bond donors (Lipinski definition) is 0. The van der Waals surface area contributed by atoms with E-state index in [1.165, 1.54) is 12.1 Å². The second-order valence-corrected chi connectivity index (χ2v) is 3.01. The van der Waals surface area contributed by atoms with E-state index in [0.717, 1.165) is 5.56 Å². The number of halogens is 2. The van der Waals surface area contributed by atoms with Gasteiger partial charge >= 0.3 is 0 Å².